The van der Waals surface area contributed by atoms with Crippen molar-refractivity contribution in [2.75, 3.05) is 7.11 Å². The number of fused-ring (bicyclic) bond motifs is 1. The van der Waals surface area contributed by atoms with E-state index in [-0.39, 0.29) is 23.6 Å². The first kappa shape index (κ1) is 21.1. The highest BCUT2D eigenvalue weighted by molar-refractivity contribution is 5.71. The first-order valence-corrected chi connectivity index (χ1v) is 9.58. The summed E-state index contributed by atoms with van der Waals surface area (Å²) in [4.78, 5) is 42.1. The van der Waals surface area contributed by atoms with Crippen molar-refractivity contribution in [2.45, 2.75) is 46.4 Å². The monoisotopic (exact) mass is 417 g/mol. The molecular formula is C19H23N5O6. The van der Waals surface area contributed by atoms with Crippen LogP contribution in [-0.2, 0) is 19.7 Å². The standard InChI is InChI=1S/C19H23N5O6/c1-4-6-9-23-17-16(18(25)21-19(23)26)22(5-2)15(20-17)11-30-14-10-12(24(27)28)7-8-13(14)29-3/h7-8,10H,4-6,9,11H2,1-3H3,(H,21,25,26). The number of hydrogen-bond acceptors (Lipinski definition) is 7. The molecule has 1 N–H and O–H groups in total. The van der Waals surface area contributed by atoms with Crippen LogP contribution >= 0.6 is 0 Å². The molecule has 0 aliphatic carbocycles. The van der Waals surface area contributed by atoms with E-state index in [1.807, 2.05) is 13.8 Å². The van der Waals surface area contributed by atoms with Crippen molar-refractivity contribution in [1.82, 2.24) is 19.1 Å². The van der Waals surface area contributed by atoms with Crippen molar-refractivity contribution in [3.63, 3.8) is 0 Å². The van der Waals surface area contributed by atoms with Gasteiger partial charge in [0.2, 0.25) is 0 Å². The molecule has 0 bridgehead atoms. The van der Waals surface area contributed by atoms with E-state index >= 15 is 0 Å². The maximum Gasteiger partial charge on any atom is 0.330 e. The van der Waals surface area contributed by atoms with Crippen molar-refractivity contribution in [3.05, 3.63) is 55.0 Å². The lowest BCUT2D eigenvalue weighted by Crippen LogP contribution is -2.31. The summed E-state index contributed by atoms with van der Waals surface area (Å²) < 4.78 is 14.1. The van der Waals surface area contributed by atoms with Gasteiger partial charge in [-0.05, 0) is 19.4 Å². The van der Waals surface area contributed by atoms with E-state index < -0.39 is 16.2 Å². The minimum Gasteiger partial charge on any atom is -0.493 e. The summed E-state index contributed by atoms with van der Waals surface area (Å²) >= 11 is 0. The van der Waals surface area contributed by atoms with Gasteiger partial charge in [0.1, 0.15) is 12.4 Å². The largest absolute Gasteiger partial charge is 0.493 e. The van der Waals surface area contributed by atoms with Crippen LogP contribution < -0.4 is 20.7 Å². The van der Waals surface area contributed by atoms with Crippen molar-refractivity contribution >= 4 is 16.9 Å². The Morgan fingerprint density at radius 2 is 1.97 bits per heavy atom. The average Bonchev–Trinajstić information content (AvgIpc) is 3.10. The minimum atomic E-state index is -0.528. The van der Waals surface area contributed by atoms with E-state index in [2.05, 4.69) is 9.97 Å². The molecule has 0 fully saturated rings. The van der Waals surface area contributed by atoms with Crippen LogP contribution in [0.1, 0.15) is 32.5 Å². The average molecular weight is 417 g/mol. The fraction of sp³-hybridized carbons (Fsp3) is 0.421. The van der Waals surface area contributed by atoms with E-state index in [1.165, 1.54) is 29.9 Å². The Morgan fingerprint density at radius 3 is 2.60 bits per heavy atom. The van der Waals surface area contributed by atoms with E-state index in [9.17, 15) is 19.7 Å². The number of nitro groups is 1. The lowest BCUT2D eigenvalue weighted by molar-refractivity contribution is -0.385. The predicted molar refractivity (Wildman–Crippen MR) is 109 cm³/mol. The number of nitro benzene ring substituents is 1. The molecule has 0 spiro atoms. The SMILES string of the molecule is CCCCn1c(=O)[nH]c(=O)c2c1nc(COc1cc([N+](=O)[O-])ccc1OC)n2CC. The van der Waals surface area contributed by atoms with Crippen molar-refractivity contribution in [3.8, 4) is 11.5 Å². The van der Waals surface area contributed by atoms with E-state index in [0.29, 0.717) is 30.3 Å². The highest BCUT2D eigenvalue weighted by atomic mass is 16.6. The second-order valence-electron chi connectivity index (χ2n) is 6.59. The van der Waals surface area contributed by atoms with Gasteiger partial charge in [0.25, 0.3) is 11.2 Å². The van der Waals surface area contributed by atoms with Crippen LogP contribution in [0.4, 0.5) is 5.69 Å². The third-order valence-corrected chi connectivity index (χ3v) is 4.73. The number of non-ortho nitro benzene ring substituents is 1. The van der Waals surface area contributed by atoms with Gasteiger partial charge in [-0.15, -0.1) is 0 Å². The normalized spacial score (nSPS) is 11.0. The summed E-state index contributed by atoms with van der Waals surface area (Å²) in [6.07, 6.45) is 1.64. The van der Waals surface area contributed by atoms with Crippen LogP contribution in [0.3, 0.4) is 0 Å². The van der Waals surface area contributed by atoms with E-state index in [0.717, 1.165) is 12.8 Å². The lowest BCUT2D eigenvalue weighted by atomic mass is 10.3. The lowest BCUT2D eigenvalue weighted by Gasteiger charge is -2.11. The van der Waals surface area contributed by atoms with Gasteiger partial charge in [-0.1, -0.05) is 13.3 Å². The van der Waals surface area contributed by atoms with Crippen LogP contribution in [-0.4, -0.2) is 31.1 Å². The van der Waals surface area contributed by atoms with Gasteiger partial charge >= 0.3 is 5.69 Å². The number of H-pyrrole nitrogens is 1. The van der Waals surface area contributed by atoms with E-state index in [1.54, 1.807) is 4.57 Å². The van der Waals surface area contributed by atoms with Gasteiger partial charge < -0.3 is 14.0 Å². The Kier molecular flexibility index (Phi) is 6.19. The number of unbranched alkanes of at least 4 members (excludes halogenated alkanes) is 1. The number of aromatic nitrogens is 4. The second kappa shape index (κ2) is 8.80. The molecule has 0 amide bonds. The zero-order chi connectivity index (χ0) is 21.8. The molecule has 160 valence electrons. The number of hydrogen-bond donors (Lipinski definition) is 1. The number of rotatable bonds is 9. The van der Waals surface area contributed by atoms with Gasteiger partial charge in [-0.3, -0.25) is 24.5 Å². The van der Waals surface area contributed by atoms with Gasteiger partial charge in [-0.2, -0.15) is 0 Å². The zero-order valence-corrected chi connectivity index (χ0v) is 17.0. The summed E-state index contributed by atoms with van der Waals surface area (Å²) in [5, 5.41) is 11.1. The molecule has 11 heteroatoms. The number of benzene rings is 1. The maximum absolute atomic E-state index is 12.4. The summed E-state index contributed by atoms with van der Waals surface area (Å²) in [5.74, 6) is 0.929. The Balaban J connectivity index is 2.04. The van der Waals surface area contributed by atoms with Gasteiger partial charge in [0.15, 0.2) is 22.7 Å². The highest BCUT2D eigenvalue weighted by Gasteiger charge is 2.19. The number of nitrogens with one attached hydrogen (secondary N) is 1. The molecule has 1 aromatic carbocycles. The van der Waals surface area contributed by atoms with Crippen molar-refractivity contribution in [2.24, 2.45) is 0 Å². The van der Waals surface area contributed by atoms with E-state index in [4.69, 9.17) is 9.47 Å². The quantitative estimate of drug-likeness (QED) is 0.416. The van der Waals surface area contributed by atoms with Crippen LogP contribution in [0.2, 0.25) is 0 Å². The third kappa shape index (κ3) is 3.91. The predicted octanol–water partition coefficient (Wildman–Crippen LogP) is 2.20. The maximum atomic E-state index is 12.4. The molecule has 11 nitrogen and oxygen atoms in total. The minimum absolute atomic E-state index is 0.0680. The molecule has 3 aromatic rings. The smallest absolute Gasteiger partial charge is 0.330 e. The first-order chi connectivity index (χ1) is 14.4. The summed E-state index contributed by atoms with van der Waals surface area (Å²) in [7, 11) is 1.43. The first-order valence-electron chi connectivity index (χ1n) is 9.58. The molecule has 0 unspecified atom stereocenters. The van der Waals surface area contributed by atoms with Crippen LogP contribution in [0.25, 0.3) is 11.2 Å². The number of ether oxygens (including phenoxy) is 2. The molecule has 0 saturated carbocycles. The number of imidazole rings is 1. The molecule has 0 saturated heterocycles. The summed E-state index contributed by atoms with van der Waals surface area (Å²) in [5.41, 5.74) is -0.577. The van der Waals surface area contributed by atoms with Gasteiger partial charge in [0.05, 0.1) is 18.1 Å². The van der Waals surface area contributed by atoms with Gasteiger partial charge in [0, 0.05) is 19.2 Å². The fourth-order valence-electron chi connectivity index (χ4n) is 3.23. The zero-order valence-electron chi connectivity index (χ0n) is 17.0. The summed E-state index contributed by atoms with van der Waals surface area (Å²) in [6, 6.07) is 4.03. The van der Waals surface area contributed by atoms with Crippen LogP contribution in [0.5, 0.6) is 11.5 Å². The van der Waals surface area contributed by atoms with Crippen LogP contribution in [0.15, 0.2) is 27.8 Å². The molecule has 3 rings (SSSR count). The number of aromatic amines is 1. The highest BCUT2D eigenvalue weighted by Crippen LogP contribution is 2.31. The number of aryl methyl sites for hydroxylation is 2. The Bertz CT molecular complexity index is 1190. The third-order valence-electron chi connectivity index (χ3n) is 4.73. The second-order valence-corrected chi connectivity index (χ2v) is 6.59. The Hall–Kier alpha value is -3.63. The van der Waals surface area contributed by atoms with Crippen molar-refractivity contribution in [1.29, 1.82) is 0 Å². The Labute approximate surface area is 171 Å². The molecule has 0 atom stereocenters. The number of nitrogens with zero attached hydrogens (tertiary/aromatic N) is 4. The van der Waals surface area contributed by atoms with Crippen molar-refractivity contribution < 1.29 is 14.4 Å². The fourth-order valence-corrected chi connectivity index (χ4v) is 3.23. The molecule has 2 aromatic heterocycles. The molecule has 0 radical (unpaired) electrons. The molecule has 30 heavy (non-hydrogen) atoms. The summed E-state index contributed by atoms with van der Waals surface area (Å²) in [6.45, 7) is 4.64. The molecule has 0 aliphatic rings. The molecule has 2 heterocycles. The molecular weight excluding hydrogens is 394 g/mol. The number of methoxy groups -OCH3 is 1. The molecule has 0 aliphatic heterocycles. The van der Waals surface area contributed by atoms with Crippen LogP contribution in [0, 0.1) is 10.1 Å². The van der Waals surface area contributed by atoms with Gasteiger partial charge in [-0.25, -0.2) is 9.78 Å². The topological polar surface area (TPSA) is 134 Å². The Morgan fingerprint density at radius 1 is 1.20 bits per heavy atom.